The fourth-order valence-electron chi connectivity index (χ4n) is 3.06. The Kier molecular flexibility index (Phi) is 4.83. The Morgan fingerprint density at radius 1 is 1.27 bits per heavy atom. The molecule has 0 spiro atoms. The summed E-state index contributed by atoms with van der Waals surface area (Å²) in [4.78, 5) is 18.5. The second kappa shape index (κ2) is 6.79. The predicted octanol–water partition coefficient (Wildman–Crippen LogP) is 2.17. The van der Waals surface area contributed by atoms with Crippen LogP contribution < -0.4 is 5.32 Å². The van der Waals surface area contributed by atoms with Crippen LogP contribution in [-0.4, -0.2) is 52.8 Å². The van der Waals surface area contributed by atoms with Gasteiger partial charge in [-0.2, -0.15) is 13.2 Å². The average molecular weight is 371 g/mol. The van der Waals surface area contributed by atoms with E-state index in [-0.39, 0.29) is 11.4 Å². The van der Waals surface area contributed by atoms with Gasteiger partial charge in [-0.1, -0.05) is 22.9 Å². The monoisotopic (exact) mass is 371 g/mol. The van der Waals surface area contributed by atoms with Gasteiger partial charge in [0.2, 0.25) is 0 Å². The third-order valence-corrected chi connectivity index (χ3v) is 4.60. The standard InChI is InChI=1S/C17H20F3N3O3/c1-11-5-7-12(8-6-11)15(24)21-13-14(23-9-3-2-4-10-23)22-26-16(13,25)17(18,19)20/h5-8,13,25H,2-4,9-10H2,1H3,(H,21,24)/t13-,16+/m1/s1. The minimum Gasteiger partial charge on any atom is -0.355 e. The highest BCUT2D eigenvalue weighted by molar-refractivity contribution is 5.99. The van der Waals surface area contributed by atoms with Crippen molar-refractivity contribution in [2.24, 2.45) is 5.16 Å². The van der Waals surface area contributed by atoms with Crippen LogP contribution in [0.3, 0.4) is 0 Å². The lowest BCUT2D eigenvalue weighted by atomic mass is 10.0. The Labute approximate surface area is 148 Å². The number of likely N-dealkylation sites (tertiary alicyclic amines) is 1. The summed E-state index contributed by atoms with van der Waals surface area (Å²) in [7, 11) is 0. The zero-order valence-corrected chi connectivity index (χ0v) is 14.2. The van der Waals surface area contributed by atoms with Crippen molar-refractivity contribution in [3.63, 3.8) is 0 Å². The number of carbonyl (C=O) groups excluding carboxylic acids is 1. The minimum atomic E-state index is -5.13. The van der Waals surface area contributed by atoms with Crippen molar-refractivity contribution in [1.82, 2.24) is 10.2 Å². The van der Waals surface area contributed by atoms with Gasteiger partial charge in [-0.15, -0.1) is 0 Å². The number of benzene rings is 1. The van der Waals surface area contributed by atoms with E-state index in [2.05, 4.69) is 15.3 Å². The number of nitrogens with zero attached hydrogens (tertiary/aromatic N) is 2. The SMILES string of the molecule is Cc1ccc(C(=O)N[C@@H]2C(N3CCCCC3)=NO[C@]2(O)C(F)(F)F)cc1. The number of rotatable bonds is 2. The van der Waals surface area contributed by atoms with Gasteiger partial charge in [-0.25, -0.2) is 0 Å². The lowest BCUT2D eigenvalue weighted by Crippen LogP contribution is -2.64. The molecule has 0 unspecified atom stereocenters. The van der Waals surface area contributed by atoms with Crippen LogP contribution in [0.25, 0.3) is 0 Å². The van der Waals surface area contributed by atoms with Crippen LogP contribution in [0.5, 0.6) is 0 Å². The molecule has 1 fully saturated rings. The van der Waals surface area contributed by atoms with E-state index in [9.17, 15) is 23.1 Å². The predicted molar refractivity (Wildman–Crippen MR) is 87.4 cm³/mol. The molecular weight excluding hydrogens is 351 g/mol. The third kappa shape index (κ3) is 3.35. The van der Waals surface area contributed by atoms with Crippen LogP contribution in [0.2, 0.25) is 0 Å². The molecule has 1 amide bonds. The van der Waals surface area contributed by atoms with Crippen molar-refractivity contribution in [3.05, 3.63) is 35.4 Å². The number of carbonyl (C=O) groups is 1. The Balaban J connectivity index is 1.87. The molecule has 9 heteroatoms. The Morgan fingerprint density at radius 3 is 2.46 bits per heavy atom. The van der Waals surface area contributed by atoms with E-state index in [1.165, 1.54) is 12.1 Å². The number of nitrogens with one attached hydrogen (secondary N) is 1. The maximum atomic E-state index is 13.4. The van der Waals surface area contributed by atoms with E-state index < -0.39 is 23.9 Å². The second-order valence-electron chi connectivity index (χ2n) is 6.56. The fourth-order valence-corrected chi connectivity index (χ4v) is 3.06. The Bertz CT molecular complexity index is 699. The molecule has 142 valence electrons. The highest BCUT2D eigenvalue weighted by Gasteiger charge is 2.68. The molecule has 2 atom stereocenters. The van der Waals surface area contributed by atoms with Gasteiger partial charge in [-0.3, -0.25) is 4.79 Å². The molecule has 6 nitrogen and oxygen atoms in total. The molecule has 26 heavy (non-hydrogen) atoms. The number of aliphatic hydroxyl groups is 1. The second-order valence-corrected chi connectivity index (χ2v) is 6.56. The lowest BCUT2D eigenvalue weighted by molar-refractivity contribution is -0.361. The number of aryl methyl sites for hydroxylation is 1. The molecule has 1 saturated heterocycles. The number of hydrogen-bond donors (Lipinski definition) is 2. The van der Waals surface area contributed by atoms with E-state index in [0.717, 1.165) is 24.8 Å². The van der Waals surface area contributed by atoms with Crippen LogP contribution in [0.15, 0.2) is 29.4 Å². The number of amidine groups is 1. The Morgan fingerprint density at radius 2 is 1.88 bits per heavy atom. The van der Waals surface area contributed by atoms with Gasteiger partial charge in [-0.05, 0) is 38.3 Å². The van der Waals surface area contributed by atoms with Crippen molar-refractivity contribution < 1.29 is 27.9 Å². The maximum Gasteiger partial charge on any atom is 0.460 e. The van der Waals surface area contributed by atoms with E-state index in [4.69, 9.17) is 0 Å². The number of oxime groups is 1. The average Bonchev–Trinajstić information content (AvgIpc) is 2.94. The number of piperidine rings is 1. The molecule has 3 rings (SSSR count). The molecule has 0 aliphatic carbocycles. The summed E-state index contributed by atoms with van der Waals surface area (Å²) >= 11 is 0. The summed E-state index contributed by atoms with van der Waals surface area (Å²) in [5.41, 5.74) is 1.10. The summed E-state index contributed by atoms with van der Waals surface area (Å²) in [6.45, 7) is 2.82. The van der Waals surface area contributed by atoms with E-state index in [1.807, 2.05) is 6.92 Å². The van der Waals surface area contributed by atoms with Crippen molar-refractivity contribution in [2.75, 3.05) is 13.1 Å². The van der Waals surface area contributed by atoms with Gasteiger partial charge >= 0.3 is 12.0 Å². The molecule has 1 aromatic carbocycles. The van der Waals surface area contributed by atoms with Crippen LogP contribution in [-0.2, 0) is 4.84 Å². The molecule has 2 aliphatic heterocycles. The Hall–Kier alpha value is -2.29. The van der Waals surface area contributed by atoms with E-state index >= 15 is 0 Å². The van der Waals surface area contributed by atoms with Gasteiger partial charge in [0.25, 0.3) is 5.91 Å². The van der Waals surface area contributed by atoms with Crippen LogP contribution >= 0.6 is 0 Å². The highest BCUT2D eigenvalue weighted by Crippen LogP contribution is 2.39. The number of hydrogen-bond acceptors (Lipinski definition) is 5. The first-order chi connectivity index (χ1) is 12.2. The van der Waals surface area contributed by atoms with Gasteiger partial charge in [0.1, 0.15) is 0 Å². The lowest BCUT2D eigenvalue weighted by Gasteiger charge is -2.34. The summed E-state index contributed by atoms with van der Waals surface area (Å²) in [6.07, 6.45) is -2.57. The largest absolute Gasteiger partial charge is 0.460 e. The molecule has 0 aromatic heterocycles. The minimum absolute atomic E-state index is 0.106. The van der Waals surface area contributed by atoms with Crippen molar-refractivity contribution >= 4 is 11.7 Å². The molecule has 1 aromatic rings. The number of amides is 1. The van der Waals surface area contributed by atoms with Gasteiger partial charge < -0.3 is 20.2 Å². The van der Waals surface area contributed by atoms with E-state index in [1.54, 1.807) is 17.0 Å². The first-order valence-corrected chi connectivity index (χ1v) is 8.40. The van der Waals surface area contributed by atoms with Crippen LogP contribution in [0.4, 0.5) is 13.2 Å². The van der Waals surface area contributed by atoms with Crippen molar-refractivity contribution in [2.45, 2.75) is 44.2 Å². The van der Waals surface area contributed by atoms with Crippen LogP contribution in [0, 0.1) is 6.92 Å². The van der Waals surface area contributed by atoms with Crippen LogP contribution in [0.1, 0.15) is 35.2 Å². The number of alkyl halides is 3. The summed E-state index contributed by atoms with van der Waals surface area (Å²) in [5, 5.41) is 15.9. The molecule has 0 bridgehead atoms. The van der Waals surface area contributed by atoms with Gasteiger partial charge in [0, 0.05) is 18.7 Å². The first kappa shape index (κ1) is 18.5. The normalized spacial score (nSPS) is 26.3. The molecule has 2 heterocycles. The summed E-state index contributed by atoms with van der Waals surface area (Å²) in [6, 6.07) is 4.52. The molecular formula is C17H20F3N3O3. The quantitative estimate of drug-likeness (QED) is 0.836. The molecule has 2 N–H and O–H groups in total. The topological polar surface area (TPSA) is 74.2 Å². The maximum absolute atomic E-state index is 13.4. The zero-order chi connectivity index (χ0) is 18.9. The number of halogens is 3. The smallest absolute Gasteiger partial charge is 0.355 e. The van der Waals surface area contributed by atoms with Crippen molar-refractivity contribution in [1.29, 1.82) is 0 Å². The van der Waals surface area contributed by atoms with E-state index in [0.29, 0.717) is 13.1 Å². The fraction of sp³-hybridized carbons (Fsp3) is 0.529. The highest BCUT2D eigenvalue weighted by atomic mass is 19.4. The van der Waals surface area contributed by atoms with Crippen molar-refractivity contribution in [3.8, 4) is 0 Å². The van der Waals surface area contributed by atoms with Gasteiger partial charge in [0.15, 0.2) is 11.9 Å². The van der Waals surface area contributed by atoms with Gasteiger partial charge in [0.05, 0.1) is 0 Å². The molecule has 0 saturated carbocycles. The summed E-state index contributed by atoms with van der Waals surface area (Å²) < 4.78 is 40.3. The molecule has 0 radical (unpaired) electrons. The molecule has 2 aliphatic rings. The third-order valence-electron chi connectivity index (χ3n) is 4.60. The summed E-state index contributed by atoms with van der Waals surface area (Å²) in [5.74, 6) is -4.45. The zero-order valence-electron chi connectivity index (χ0n) is 14.2. The first-order valence-electron chi connectivity index (χ1n) is 8.40.